The van der Waals surface area contributed by atoms with Gasteiger partial charge in [-0.15, -0.1) is 0 Å². The summed E-state index contributed by atoms with van der Waals surface area (Å²) in [5.41, 5.74) is 3.60. The summed E-state index contributed by atoms with van der Waals surface area (Å²) in [5.74, 6) is -0.539. The van der Waals surface area contributed by atoms with Crippen LogP contribution in [0, 0.1) is 18.6 Å². The molecule has 1 N–H and O–H groups in total. The molecule has 6 heteroatoms. The molecule has 5 rings (SSSR count). The third kappa shape index (κ3) is 6.02. The molecule has 0 amide bonds. The summed E-state index contributed by atoms with van der Waals surface area (Å²) in [5, 5.41) is 0.551. The van der Waals surface area contributed by atoms with Crippen LogP contribution in [0.15, 0.2) is 129 Å². The van der Waals surface area contributed by atoms with Crippen LogP contribution in [0.4, 0.5) is 8.78 Å². The molecule has 0 spiro atoms. The number of hydrogen-bond acceptors (Lipinski definition) is 2. The van der Waals surface area contributed by atoms with Gasteiger partial charge in [0.1, 0.15) is 11.6 Å². The van der Waals surface area contributed by atoms with E-state index in [1.165, 1.54) is 47.8 Å². The molecule has 0 saturated carbocycles. The van der Waals surface area contributed by atoms with Gasteiger partial charge in [-0.1, -0.05) is 59.4 Å². The zero-order chi connectivity index (χ0) is 26.6. The van der Waals surface area contributed by atoms with Crippen molar-refractivity contribution in [2.45, 2.75) is 26.5 Å². The molecular formula is C32H22ClF2OS2+. The van der Waals surface area contributed by atoms with Crippen molar-refractivity contribution in [1.82, 2.24) is 0 Å². The van der Waals surface area contributed by atoms with Crippen molar-refractivity contribution in [3.8, 4) is 11.1 Å². The smallest absolute Gasteiger partial charge is 0.273 e. The maximum atomic E-state index is 14.1. The van der Waals surface area contributed by atoms with Crippen molar-refractivity contribution in [2.75, 3.05) is 0 Å². The fourth-order valence-corrected chi connectivity index (χ4v) is 6.07. The molecule has 1 nitrogen and oxygen atoms in total. The summed E-state index contributed by atoms with van der Waals surface area (Å²) >= 11 is 9.58. The van der Waals surface area contributed by atoms with Gasteiger partial charge in [0.25, 0.3) is 0 Å². The van der Waals surface area contributed by atoms with Gasteiger partial charge >= 0.3 is 5.78 Å². The highest BCUT2D eigenvalue weighted by Gasteiger charge is 2.17. The molecule has 0 atom stereocenters. The average Bonchev–Trinajstić information content (AvgIpc) is 2.93. The van der Waals surface area contributed by atoms with Gasteiger partial charge in [0.2, 0.25) is 0 Å². The Morgan fingerprint density at radius 1 is 0.632 bits per heavy atom. The number of rotatable bonds is 7. The highest BCUT2D eigenvalue weighted by Crippen LogP contribution is 2.40. The quantitative estimate of drug-likeness (QED) is 0.146. The minimum Gasteiger partial charge on any atom is -0.273 e. The molecule has 5 aromatic rings. The van der Waals surface area contributed by atoms with E-state index < -0.39 is 0 Å². The summed E-state index contributed by atoms with van der Waals surface area (Å²) in [6, 6.07) is 32.0. The molecule has 0 aliphatic heterocycles. The Labute approximate surface area is 233 Å². The summed E-state index contributed by atoms with van der Waals surface area (Å²) in [7, 11) is 0. The van der Waals surface area contributed by atoms with E-state index in [0.29, 0.717) is 21.7 Å². The average molecular weight is 560 g/mol. The Kier molecular flexibility index (Phi) is 7.98. The monoisotopic (exact) mass is 559 g/mol. The van der Waals surface area contributed by atoms with Crippen LogP contribution in [0.5, 0.6) is 0 Å². The number of halogens is 3. The van der Waals surface area contributed by atoms with E-state index in [2.05, 4.69) is 0 Å². The molecule has 0 aliphatic rings. The van der Waals surface area contributed by atoms with E-state index in [0.717, 1.165) is 30.7 Å². The van der Waals surface area contributed by atoms with Crippen molar-refractivity contribution in [2.24, 2.45) is 0 Å². The van der Waals surface area contributed by atoms with Crippen LogP contribution in [-0.4, -0.2) is 10.6 Å². The molecule has 0 bridgehead atoms. The first kappa shape index (κ1) is 26.2. The predicted molar refractivity (Wildman–Crippen MR) is 154 cm³/mol. The van der Waals surface area contributed by atoms with Crippen LogP contribution in [0.3, 0.4) is 0 Å². The Balaban J connectivity index is 1.33. The lowest BCUT2D eigenvalue weighted by Gasteiger charge is -2.13. The molecule has 0 aromatic heterocycles. The second-order valence-corrected chi connectivity index (χ2v) is 11.3. The Bertz CT molecular complexity index is 1620. The Hall–Kier alpha value is -3.38. The second-order valence-electron chi connectivity index (χ2n) is 8.64. The van der Waals surface area contributed by atoms with Crippen LogP contribution in [-0.2, 0) is 0 Å². The zero-order valence-corrected chi connectivity index (χ0v) is 22.7. The van der Waals surface area contributed by atoms with Gasteiger partial charge in [-0.3, -0.25) is 4.79 Å². The fourth-order valence-electron chi connectivity index (χ4n) is 4.01. The second kappa shape index (κ2) is 11.6. The van der Waals surface area contributed by atoms with Gasteiger partial charge in [-0.05, 0) is 109 Å². The highest BCUT2D eigenvalue weighted by molar-refractivity contribution is 8.00. The molecule has 38 heavy (non-hydrogen) atoms. The molecule has 0 heterocycles. The molecule has 5 aromatic carbocycles. The number of carbonyl (C=O) groups excluding carboxylic acids is 1. The van der Waals surface area contributed by atoms with Gasteiger partial charge in [-0.25, -0.2) is 8.78 Å². The fraction of sp³-hybridized carbons (Fsp3) is 0.0312. The van der Waals surface area contributed by atoms with E-state index in [9.17, 15) is 13.6 Å². The van der Waals surface area contributed by atoms with Crippen LogP contribution >= 0.6 is 35.1 Å². The molecule has 0 fully saturated rings. The lowest BCUT2D eigenvalue weighted by atomic mass is 10.0. The van der Waals surface area contributed by atoms with E-state index in [-0.39, 0.29) is 17.4 Å². The van der Waals surface area contributed by atoms with E-state index in [1.807, 2.05) is 73.7 Å². The van der Waals surface area contributed by atoms with Crippen LogP contribution in [0.1, 0.15) is 16.7 Å². The van der Waals surface area contributed by atoms with Crippen molar-refractivity contribution < 1.29 is 13.6 Å². The van der Waals surface area contributed by atoms with E-state index in [4.69, 9.17) is 11.6 Å². The maximum absolute atomic E-state index is 14.1. The van der Waals surface area contributed by atoms with Crippen molar-refractivity contribution in [1.29, 1.82) is 0 Å². The topological polar surface area (TPSA) is 21.4 Å². The standard InChI is InChI=1S/C32H21ClF2OS2/c1-20-7-9-23(34)18-27(20)28-19-24(35)10-16-30(28)37-25-11-13-26(14-12-25)38-31-15-8-22(17-29(31)33)32(36)21-5-3-2-4-6-21/h2-19H,1H3/p+1. The van der Waals surface area contributed by atoms with Crippen LogP contribution in [0.25, 0.3) is 11.1 Å². The van der Waals surface area contributed by atoms with E-state index in [1.54, 1.807) is 18.2 Å². The minimum atomic E-state index is -0.364. The van der Waals surface area contributed by atoms with Crippen LogP contribution < -0.4 is 0 Å². The van der Waals surface area contributed by atoms with Gasteiger partial charge < -0.3 is 0 Å². The summed E-state index contributed by atoms with van der Waals surface area (Å²) in [4.78, 5) is 14.3. The van der Waals surface area contributed by atoms with Crippen LogP contribution in [0.2, 0.25) is 5.02 Å². The summed E-state index contributed by atoms with van der Waals surface area (Å²) in [6.45, 7) is 1.89. The molecule has 0 aliphatic carbocycles. The largest absolute Gasteiger partial charge is 0.354 e. The van der Waals surface area contributed by atoms with Gasteiger partial charge in [0.05, 0.1) is 16.1 Å². The van der Waals surface area contributed by atoms with Crippen molar-refractivity contribution in [3.05, 3.63) is 143 Å². The molecular weight excluding hydrogens is 538 g/mol. The summed E-state index contributed by atoms with van der Waals surface area (Å²) < 4.78 is 28.1. The van der Waals surface area contributed by atoms with Gasteiger partial charge in [0.15, 0.2) is 0 Å². The molecule has 0 saturated heterocycles. The maximum Gasteiger partial charge on any atom is 0.354 e. The Morgan fingerprint density at radius 3 is 1.87 bits per heavy atom. The Morgan fingerprint density at radius 2 is 1.21 bits per heavy atom. The van der Waals surface area contributed by atoms with Gasteiger partial charge in [-0.2, -0.15) is 0 Å². The predicted octanol–water partition coefficient (Wildman–Crippen LogP) is 9.84. The normalized spacial score (nSPS) is 10.9. The molecule has 0 unspecified atom stereocenters. The first-order chi connectivity index (χ1) is 18.4. The number of hydrogen-bond donors (Lipinski definition) is 0. The molecule has 0 radical (unpaired) electrons. The lowest BCUT2D eigenvalue weighted by Crippen LogP contribution is -2.02. The molecule has 188 valence electrons. The summed E-state index contributed by atoms with van der Waals surface area (Å²) in [6.07, 6.45) is 0. The van der Waals surface area contributed by atoms with Crippen molar-refractivity contribution in [3.63, 3.8) is 0 Å². The number of ketones is 1. The number of aryl methyl sites for hydroxylation is 1. The van der Waals surface area contributed by atoms with Crippen molar-refractivity contribution >= 4 is 40.9 Å². The van der Waals surface area contributed by atoms with Gasteiger partial charge in [0, 0.05) is 19.6 Å². The number of benzene rings is 5. The first-order valence-corrected chi connectivity index (χ1v) is 13.8. The first-order valence-electron chi connectivity index (χ1n) is 11.8. The zero-order valence-electron chi connectivity index (χ0n) is 20.3. The lowest BCUT2D eigenvalue weighted by molar-refractivity contribution is 0.625. The SMILES string of the molecule is Cc1ccc(F)cc1-c1cc(F)ccc1Sc1ccc(Sc2ccc(C(=[OH+])c3ccccc3)cc2Cl)cc1. The third-order valence-corrected chi connectivity index (χ3v) is 8.56. The minimum absolute atomic E-state index is 0.180. The van der Waals surface area contributed by atoms with E-state index >= 15 is 0 Å². The highest BCUT2D eigenvalue weighted by atomic mass is 35.5. The third-order valence-electron chi connectivity index (χ3n) is 5.96.